The van der Waals surface area contributed by atoms with Gasteiger partial charge in [0.15, 0.2) is 5.78 Å². The topological polar surface area (TPSA) is 59.0 Å². The van der Waals surface area contributed by atoms with E-state index in [1.165, 1.54) is 7.11 Å². The smallest absolute Gasteiger partial charge is 0.315 e. The summed E-state index contributed by atoms with van der Waals surface area (Å²) in [5.74, 6) is -1.29. The van der Waals surface area contributed by atoms with Crippen LogP contribution in [0.25, 0.3) is 0 Å². The Kier molecular flexibility index (Phi) is 6.20. The molecule has 1 heterocycles. The zero-order valence-electron chi connectivity index (χ0n) is 18.8. The summed E-state index contributed by atoms with van der Waals surface area (Å²) in [5, 5.41) is 0.671. The molecular formula is C26H27ClN2O3. The lowest BCUT2D eigenvalue weighted by Crippen LogP contribution is -2.37. The fourth-order valence-electron chi connectivity index (χ4n) is 4.80. The van der Waals surface area contributed by atoms with Gasteiger partial charge < -0.3 is 9.64 Å². The number of esters is 1. The SMILES string of the molecule is COC(=O)C1C(C)=NC2=C(C(=O)C[C@H](c3ccc(Cl)cc3)C2)[C@@H]1c1ccc(N(C)C)cc1. The highest BCUT2D eigenvalue weighted by atomic mass is 35.5. The standard InChI is InChI=1S/C26H27ClN2O3/c1-15-23(26(31)32-4)24(17-7-11-20(12-8-17)29(2)3)25-21(28-15)13-18(14-22(25)30)16-5-9-19(27)10-6-16/h5-12,18,23-24H,13-14H2,1-4H3/t18-,23?,24-/m1/s1. The highest BCUT2D eigenvalue weighted by Gasteiger charge is 2.44. The predicted octanol–water partition coefficient (Wildman–Crippen LogP) is 5.15. The molecule has 6 heteroatoms. The molecule has 0 aromatic heterocycles. The number of benzene rings is 2. The molecule has 4 rings (SSSR count). The molecule has 2 aromatic rings. The fraction of sp³-hybridized carbons (Fsp3) is 0.346. The van der Waals surface area contributed by atoms with Crippen molar-refractivity contribution in [1.29, 1.82) is 0 Å². The number of methoxy groups -OCH3 is 1. The minimum absolute atomic E-state index is 0.0399. The Bertz CT molecular complexity index is 1100. The van der Waals surface area contributed by atoms with Gasteiger partial charge in [0, 0.05) is 54.1 Å². The third-order valence-electron chi connectivity index (χ3n) is 6.45. The highest BCUT2D eigenvalue weighted by Crippen LogP contribution is 2.47. The lowest BCUT2D eigenvalue weighted by Gasteiger charge is -2.36. The van der Waals surface area contributed by atoms with E-state index in [2.05, 4.69) is 0 Å². The van der Waals surface area contributed by atoms with Crippen molar-refractivity contribution in [2.75, 3.05) is 26.1 Å². The van der Waals surface area contributed by atoms with Crippen LogP contribution < -0.4 is 4.90 Å². The van der Waals surface area contributed by atoms with Crippen LogP contribution in [0, 0.1) is 5.92 Å². The van der Waals surface area contributed by atoms with Crippen LogP contribution in [-0.2, 0) is 14.3 Å². The molecule has 1 unspecified atom stereocenters. The van der Waals surface area contributed by atoms with E-state index in [4.69, 9.17) is 21.3 Å². The van der Waals surface area contributed by atoms with Gasteiger partial charge in [0.05, 0.1) is 7.11 Å². The van der Waals surface area contributed by atoms with Gasteiger partial charge in [0.2, 0.25) is 0 Å². The molecule has 0 saturated carbocycles. The number of rotatable bonds is 4. The van der Waals surface area contributed by atoms with Gasteiger partial charge in [0.25, 0.3) is 0 Å². The molecule has 166 valence electrons. The van der Waals surface area contributed by atoms with Crippen LogP contribution in [0.2, 0.25) is 5.02 Å². The average Bonchev–Trinajstić information content (AvgIpc) is 2.78. The van der Waals surface area contributed by atoms with Crippen molar-refractivity contribution < 1.29 is 14.3 Å². The number of carbonyl (C=O) groups is 2. The van der Waals surface area contributed by atoms with Gasteiger partial charge in [0.1, 0.15) is 5.92 Å². The van der Waals surface area contributed by atoms with E-state index < -0.39 is 11.8 Å². The molecule has 0 fully saturated rings. The molecule has 0 spiro atoms. The first-order chi connectivity index (χ1) is 15.3. The van der Waals surface area contributed by atoms with Crippen molar-refractivity contribution in [3.8, 4) is 0 Å². The van der Waals surface area contributed by atoms with Gasteiger partial charge in [-0.05, 0) is 54.7 Å². The number of hydrogen-bond acceptors (Lipinski definition) is 5. The molecule has 0 saturated heterocycles. The van der Waals surface area contributed by atoms with E-state index in [0.717, 1.165) is 22.5 Å². The lowest BCUT2D eigenvalue weighted by atomic mass is 9.69. The maximum Gasteiger partial charge on any atom is 0.315 e. The maximum atomic E-state index is 13.5. The van der Waals surface area contributed by atoms with Crippen LogP contribution in [0.3, 0.4) is 0 Å². The molecule has 0 amide bonds. The van der Waals surface area contributed by atoms with Crippen molar-refractivity contribution in [2.24, 2.45) is 10.9 Å². The van der Waals surface area contributed by atoms with E-state index in [1.54, 1.807) is 0 Å². The number of halogens is 1. The molecule has 5 nitrogen and oxygen atoms in total. The molecular weight excluding hydrogens is 424 g/mol. The first-order valence-corrected chi connectivity index (χ1v) is 11.1. The van der Waals surface area contributed by atoms with Crippen molar-refractivity contribution in [3.63, 3.8) is 0 Å². The van der Waals surface area contributed by atoms with Gasteiger partial charge in [-0.3, -0.25) is 14.6 Å². The summed E-state index contributed by atoms with van der Waals surface area (Å²) in [5.41, 5.74) is 5.16. The van der Waals surface area contributed by atoms with Crippen LogP contribution >= 0.6 is 11.6 Å². The summed E-state index contributed by atoms with van der Waals surface area (Å²) in [7, 11) is 5.34. The molecule has 0 bridgehead atoms. The number of aliphatic imine (C=N–C) groups is 1. The number of ketones is 1. The van der Waals surface area contributed by atoms with Gasteiger partial charge in [-0.15, -0.1) is 0 Å². The Hall–Kier alpha value is -2.92. The number of carbonyl (C=O) groups excluding carboxylic acids is 2. The normalized spacial score (nSPS) is 22.8. The van der Waals surface area contributed by atoms with Gasteiger partial charge in [-0.2, -0.15) is 0 Å². The van der Waals surface area contributed by atoms with E-state index in [9.17, 15) is 9.59 Å². The first-order valence-electron chi connectivity index (χ1n) is 10.7. The van der Waals surface area contributed by atoms with Crippen LogP contribution in [0.4, 0.5) is 5.69 Å². The predicted molar refractivity (Wildman–Crippen MR) is 128 cm³/mol. The maximum absolute atomic E-state index is 13.5. The summed E-state index contributed by atoms with van der Waals surface area (Å²) < 4.78 is 5.12. The summed E-state index contributed by atoms with van der Waals surface area (Å²) in [6, 6.07) is 15.7. The third kappa shape index (κ3) is 4.09. The van der Waals surface area contributed by atoms with Crippen LogP contribution in [0.15, 0.2) is 64.8 Å². The largest absolute Gasteiger partial charge is 0.468 e. The second-order valence-corrected chi connectivity index (χ2v) is 9.09. The molecule has 1 aliphatic carbocycles. The zero-order chi connectivity index (χ0) is 23.0. The van der Waals surface area contributed by atoms with Crippen molar-refractivity contribution in [3.05, 3.63) is 76.0 Å². The number of hydrogen-bond donors (Lipinski definition) is 0. The summed E-state index contributed by atoms with van der Waals surface area (Å²) in [6.45, 7) is 1.85. The average molecular weight is 451 g/mol. The van der Waals surface area contributed by atoms with Gasteiger partial charge >= 0.3 is 5.97 Å². The second-order valence-electron chi connectivity index (χ2n) is 8.66. The number of ether oxygens (including phenoxy) is 1. The molecule has 1 aliphatic heterocycles. The molecule has 3 atom stereocenters. The Morgan fingerprint density at radius 2 is 1.66 bits per heavy atom. The molecule has 32 heavy (non-hydrogen) atoms. The molecule has 2 aliphatic rings. The molecule has 0 radical (unpaired) electrons. The van der Waals surface area contributed by atoms with E-state index in [1.807, 2.05) is 74.4 Å². The quantitative estimate of drug-likeness (QED) is 0.604. The first kappa shape index (κ1) is 22.3. The molecule has 2 aromatic carbocycles. The zero-order valence-corrected chi connectivity index (χ0v) is 19.5. The van der Waals surface area contributed by atoms with E-state index >= 15 is 0 Å². The van der Waals surface area contributed by atoms with Gasteiger partial charge in [-0.1, -0.05) is 35.9 Å². The Balaban J connectivity index is 1.78. The Morgan fingerprint density at radius 3 is 2.25 bits per heavy atom. The van der Waals surface area contributed by atoms with Crippen molar-refractivity contribution in [1.82, 2.24) is 0 Å². The number of nitrogens with zero attached hydrogens (tertiary/aromatic N) is 2. The van der Waals surface area contributed by atoms with Crippen LogP contribution in [0.5, 0.6) is 0 Å². The monoisotopic (exact) mass is 450 g/mol. The minimum atomic E-state index is -0.611. The van der Waals surface area contributed by atoms with E-state index in [0.29, 0.717) is 29.1 Å². The minimum Gasteiger partial charge on any atom is -0.468 e. The van der Waals surface area contributed by atoms with Crippen LogP contribution in [0.1, 0.15) is 42.7 Å². The third-order valence-corrected chi connectivity index (χ3v) is 6.71. The lowest BCUT2D eigenvalue weighted by molar-refractivity contribution is -0.143. The van der Waals surface area contributed by atoms with Crippen LogP contribution in [-0.4, -0.2) is 38.7 Å². The highest BCUT2D eigenvalue weighted by molar-refractivity contribution is 6.30. The summed E-state index contributed by atoms with van der Waals surface area (Å²) in [4.78, 5) is 33.0. The Morgan fingerprint density at radius 1 is 1.03 bits per heavy atom. The second kappa shape index (κ2) is 8.91. The molecule has 0 N–H and O–H groups in total. The van der Waals surface area contributed by atoms with Crippen molar-refractivity contribution in [2.45, 2.75) is 31.6 Å². The van der Waals surface area contributed by atoms with Gasteiger partial charge in [-0.25, -0.2) is 0 Å². The van der Waals surface area contributed by atoms with E-state index in [-0.39, 0.29) is 17.7 Å². The van der Waals surface area contributed by atoms with Crippen molar-refractivity contribution >= 4 is 34.8 Å². The Labute approximate surface area is 193 Å². The summed E-state index contributed by atoms with van der Waals surface area (Å²) >= 11 is 6.04. The fourth-order valence-corrected chi connectivity index (χ4v) is 4.93. The number of anilines is 1. The number of Topliss-reactive ketones (excluding diaryl/α,β-unsaturated/α-hetero) is 1. The summed E-state index contributed by atoms with van der Waals surface area (Å²) in [6.07, 6.45) is 1.04. The number of allylic oxidation sites excluding steroid dienone is 2.